The Kier molecular flexibility index (Phi) is 3.65. The minimum absolute atomic E-state index is 0.00707. The van der Waals surface area contributed by atoms with Crippen LogP contribution >= 0.6 is 0 Å². The van der Waals surface area contributed by atoms with Gasteiger partial charge in [-0.1, -0.05) is 5.16 Å². The summed E-state index contributed by atoms with van der Waals surface area (Å²) in [5.41, 5.74) is 1.19. The molecule has 8 nitrogen and oxygen atoms in total. The minimum Gasteiger partial charge on any atom is -0.408 e. The fraction of sp³-hybridized carbons (Fsp3) is 0.167. The van der Waals surface area contributed by atoms with Gasteiger partial charge in [0.25, 0.3) is 5.91 Å². The van der Waals surface area contributed by atoms with Gasteiger partial charge >= 0.3 is 0 Å². The van der Waals surface area contributed by atoms with Crippen LogP contribution in [0.3, 0.4) is 0 Å². The number of nitrogens with zero attached hydrogens (tertiary/aromatic N) is 3. The second-order valence-electron chi connectivity index (χ2n) is 4.29. The first kappa shape index (κ1) is 13.5. The number of benzene rings is 1. The Morgan fingerprint density at radius 2 is 2.25 bits per heavy atom. The first-order valence-corrected chi connectivity index (χ1v) is 5.70. The second-order valence-corrected chi connectivity index (χ2v) is 4.29. The Bertz CT molecular complexity index is 689. The first-order chi connectivity index (χ1) is 9.56. The van der Waals surface area contributed by atoms with Gasteiger partial charge < -0.3 is 10.1 Å². The zero-order valence-electron chi connectivity index (χ0n) is 10.9. The van der Waals surface area contributed by atoms with Crippen molar-refractivity contribution in [1.82, 2.24) is 20.4 Å². The number of fused-ring (bicyclic) bond motifs is 1. The van der Waals surface area contributed by atoms with Crippen molar-refractivity contribution in [2.45, 2.75) is 0 Å². The van der Waals surface area contributed by atoms with Crippen molar-refractivity contribution in [3.05, 3.63) is 29.5 Å². The molecule has 104 valence electrons. The SMILES string of the molecule is CN(C)/C(=N/O)NC(=O)c1cc(C=O)c2cn[nH]c2c1. The molecule has 1 amide bonds. The molecule has 0 radical (unpaired) electrons. The normalized spacial score (nSPS) is 11.4. The standard InChI is InChI=1S/C12H13N5O3/c1-17(2)12(16-20)14-11(19)7-3-8(6-18)9-5-13-15-10(9)4-7/h3-6,20H,1-2H3,(H,13,15)(H,14,16,19). The maximum atomic E-state index is 12.1. The van der Waals surface area contributed by atoms with Crippen molar-refractivity contribution < 1.29 is 14.8 Å². The number of guanidine groups is 1. The number of H-pyrrole nitrogens is 1. The smallest absolute Gasteiger partial charge is 0.258 e. The van der Waals surface area contributed by atoms with Gasteiger partial charge in [-0.05, 0) is 12.1 Å². The van der Waals surface area contributed by atoms with E-state index in [-0.39, 0.29) is 11.5 Å². The monoisotopic (exact) mass is 275 g/mol. The van der Waals surface area contributed by atoms with Crippen molar-refractivity contribution in [3.8, 4) is 0 Å². The van der Waals surface area contributed by atoms with E-state index < -0.39 is 5.91 Å². The lowest BCUT2D eigenvalue weighted by Gasteiger charge is -2.14. The molecule has 1 heterocycles. The third-order valence-corrected chi connectivity index (χ3v) is 2.72. The lowest BCUT2D eigenvalue weighted by molar-refractivity contribution is 0.0971. The summed E-state index contributed by atoms with van der Waals surface area (Å²) in [6.07, 6.45) is 2.17. The molecule has 1 aromatic heterocycles. The maximum Gasteiger partial charge on any atom is 0.258 e. The fourth-order valence-electron chi connectivity index (χ4n) is 1.71. The topological polar surface area (TPSA) is 111 Å². The first-order valence-electron chi connectivity index (χ1n) is 5.70. The van der Waals surface area contributed by atoms with E-state index in [4.69, 9.17) is 5.21 Å². The van der Waals surface area contributed by atoms with Crippen LogP contribution in [0.25, 0.3) is 10.9 Å². The minimum atomic E-state index is -0.494. The van der Waals surface area contributed by atoms with Crippen LogP contribution in [-0.4, -0.2) is 52.6 Å². The van der Waals surface area contributed by atoms with Crippen molar-refractivity contribution >= 4 is 29.1 Å². The van der Waals surface area contributed by atoms with Gasteiger partial charge in [-0.15, -0.1) is 0 Å². The molecular formula is C12H13N5O3. The van der Waals surface area contributed by atoms with E-state index in [1.165, 1.54) is 17.2 Å². The highest BCUT2D eigenvalue weighted by Gasteiger charge is 2.14. The van der Waals surface area contributed by atoms with Gasteiger partial charge in [0, 0.05) is 30.6 Å². The van der Waals surface area contributed by atoms with Gasteiger partial charge in [-0.2, -0.15) is 5.10 Å². The molecule has 1 aromatic carbocycles. The summed E-state index contributed by atoms with van der Waals surface area (Å²) in [4.78, 5) is 24.5. The second kappa shape index (κ2) is 5.39. The number of nitrogens with one attached hydrogen (secondary N) is 2. The number of amides is 1. The Morgan fingerprint density at radius 3 is 2.85 bits per heavy atom. The highest BCUT2D eigenvalue weighted by atomic mass is 16.4. The molecule has 0 aliphatic carbocycles. The zero-order valence-corrected chi connectivity index (χ0v) is 10.9. The summed E-state index contributed by atoms with van der Waals surface area (Å²) in [5, 5.41) is 21.4. The van der Waals surface area contributed by atoms with E-state index in [1.54, 1.807) is 20.2 Å². The molecule has 2 rings (SSSR count). The number of carbonyl (C=O) groups is 2. The van der Waals surface area contributed by atoms with Crippen LogP contribution in [0.2, 0.25) is 0 Å². The lowest BCUT2D eigenvalue weighted by atomic mass is 10.1. The Balaban J connectivity index is 2.37. The molecule has 0 aliphatic heterocycles. The molecule has 0 bridgehead atoms. The van der Waals surface area contributed by atoms with E-state index in [0.717, 1.165) is 0 Å². The molecule has 0 unspecified atom stereocenters. The van der Waals surface area contributed by atoms with Gasteiger partial charge in [0.1, 0.15) is 0 Å². The highest BCUT2D eigenvalue weighted by Crippen LogP contribution is 2.17. The third kappa shape index (κ3) is 2.44. The van der Waals surface area contributed by atoms with E-state index in [9.17, 15) is 9.59 Å². The Morgan fingerprint density at radius 1 is 1.50 bits per heavy atom. The van der Waals surface area contributed by atoms with Gasteiger partial charge in [0.2, 0.25) is 5.96 Å². The molecule has 20 heavy (non-hydrogen) atoms. The maximum absolute atomic E-state index is 12.1. The number of hydrogen-bond donors (Lipinski definition) is 3. The van der Waals surface area contributed by atoms with Crippen molar-refractivity contribution in [3.63, 3.8) is 0 Å². The molecule has 0 saturated heterocycles. The van der Waals surface area contributed by atoms with Crippen LogP contribution in [0, 0.1) is 0 Å². The molecule has 0 fully saturated rings. The number of aldehydes is 1. The van der Waals surface area contributed by atoms with Crippen molar-refractivity contribution in [1.29, 1.82) is 0 Å². The Labute approximate surface area is 114 Å². The zero-order chi connectivity index (χ0) is 14.7. The van der Waals surface area contributed by atoms with Crippen LogP contribution in [0.15, 0.2) is 23.5 Å². The molecule has 3 N–H and O–H groups in total. The summed E-state index contributed by atoms with van der Waals surface area (Å²) in [5.74, 6) is -0.501. The van der Waals surface area contributed by atoms with Crippen LogP contribution in [0.4, 0.5) is 0 Å². The van der Waals surface area contributed by atoms with E-state index in [2.05, 4.69) is 20.7 Å². The number of carbonyl (C=O) groups excluding carboxylic acids is 2. The number of aromatic amines is 1. The van der Waals surface area contributed by atoms with Gasteiger partial charge in [0.15, 0.2) is 6.29 Å². The summed E-state index contributed by atoms with van der Waals surface area (Å²) in [6.45, 7) is 0. The summed E-state index contributed by atoms with van der Waals surface area (Å²) in [6, 6.07) is 3.01. The average molecular weight is 275 g/mol. The number of rotatable bonds is 2. The van der Waals surface area contributed by atoms with E-state index in [0.29, 0.717) is 22.8 Å². The quantitative estimate of drug-likeness (QED) is 0.242. The predicted octanol–water partition coefficient (Wildman–Crippen LogP) is 0.412. The molecule has 0 aliphatic rings. The molecule has 0 atom stereocenters. The molecule has 2 aromatic rings. The molecular weight excluding hydrogens is 262 g/mol. The fourth-order valence-corrected chi connectivity index (χ4v) is 1.71. The predicted molar refractivity (Wildman–Crippen MR) is 71.9 cm³/mol. The highest BCUT2D eigenvalue weighted by molar-refractivity contribution is 6.09. The van der Waals surface area contributed by atoms with Crippen LogP contribution in [0.5, 0.6) is 0 Å². The van der Waals surface area contributed by atoms with Crippen molar-refractivity contribution in [2.24, 2.45) is 5.16 Å². The number of hydrogen-bond acceptors (Lipinski definition) is 5. The van der Waals surface area contributed by atoms with Gasteiger partial charge in [-0.25, -0.2) is 0 Å². The largest absolute Gasteiger partial charge is 0.408 e. The summed E-state index contributed by atoms with van der Waals surface area (Å²) >= 11 is 0. The van der Waals surface area contributed by atoms with Crippen LogP contribution in [-0.2, 0) is 0 Å². The van der Waals surface area contributed by atoms with E-state index in [1.807, 2.05) is 0 Å². The van der Waals surface area contributed by atoms with Gasteiger partial charge in [0.05, 0.1) is 11.7 Å². The van der Waals surface area contributed by atoms with E-state index >= 15 is 0 Å². The van der Waals surface area contributed by atoms with Crippen LogP contribution < -0.4 is 5.32 Å². The van der Waals surface area contributed by atoms with Crippen molar-refractivity contribution in [2.75, 3.05) is 14.1 Å². The molecule has 0 spiro atoms. The Hall–Kier alpha value is -2.90. The third-order valence-electron chi connectivity index (χ3n) is 2.72. The number of aromatic nitrogens is 2. The number of oxime groups is 1. The summed E-state index contributed by atoms with van der Waals surface area (Å²) < 4.78 is 0. The summed E-state index contributed by atoms with van der Waals surface area (Å²) in [7, 11) is 3.23. The lowest BCUT2D eigenvalue weighted by Crippen LogP contribution is -2.40. The molecule has 0 saturated carbocycles. The van der Waals surface area contributed by atoms with Crippen LogP contribution in [0.1, 0.15) is 20.7 Å². The van der Waals surface area contributed by atoms with Gasteiger partial charge in [-0.3, -0.25) is 20.0 Å². The average Bonchev–Trinajstić information content (AvgIpc) is 2.91. The molecule has 8 heteroatoms.